The van der Waals surface area contributed by atoms with Crippen molar-refractivity contribution in [2.24, 2.45) is 0 Å². The van der Waals surface area contributed by atoms with Crippen LogP contribution in [0.3, 0.4) is 0 Å². The number of rotatable bonds is 5. The zero-order valence-electron chi connectivity index (χ0n) is 17.3. The highest BCUT2D eigenvalue weighted by Gasteiger charge is 2.44. The summed E-state index contributed by atoms with van der Waals surface area (Å²) in [6.07, 6.45) is 7.09. The molecule has 7 heteroatoms. The van der Waals surface area contributed by atoms with Crippen LogP contribution >= 0.6 is 15.9 Å². The number of anilines is 1. The van der Waals surface area contributed by atoms with Gasteiger partial charge < -0.3 is 15.1 Å². The molecule has 5 rings (SSSR count). The SMILES string of the molecule is Cc1ccc(C2CC2NC(=O)N(C2CC2)C2CCCN(c3cccnn3)C2)cc1Br. The fraction of sp³-hybridized carbons (Fsp3) is 0.522. The number of nitrogens with one attached hydrogen (secondary N) is 1. The molecule has 1 N–H and O–H groups in total. The van der Waals surface area contributed by atoms with Crippen LogP contribution in [0.5, 0.6) is 0 Å². The molecule has 1 aliphatic heterocycles. The third-order valence-corrected chi connectivity index (χ3v) is 7.42. The first-order valence-electron chi connectivity index (χ1n) is 11.0. The Morgan fingerprint density at radius 2 is 2.10 bits per heavy atom. The number of hydrogen-bond acceptors (Lipinski definition) is 4. The van der Waals surface area contributed by atoms with Gasteiger partial charge in [0.2, 0.25) is 0 Å². The lowest BCUT2D eigenvalue weighted by molar-refractivity contribution is 0.160. The summed E-state index contributed by atoms with van der Waals surface area (Å²) < 4.78 is 1.14. The Kier molecular flexibility index (Phi) is 5.39. The number of aromatic nitrogens is 2. The van der Waals surface area contributed by atoms with Crippen LogP contribution in [-0.4, -0.2) is 52.3 Å². The maximum Gasteiger partial charge on any atom is 0.318 e. The zero-order chi connectivity index (χ0) is 20.7. The molecule has 2 amide bonds. The number of nitrogens with zero attached hydrogens (tertiary/aromatic N) is 4. The second-order valence-corrected chi connectivity index (χ2v) is 9.72. The van der Waals surface area contributed by atoms with Crippen LogP contribution in [0.1, 0.15) is 49.1 Å². The summed E-state index contributed by atoms with van der Waals surface area (Å²) >= 11 is 3.63. The van der Waals surface area contributed by atoms with E-state index in [0.29, 0.717) is 12.0 Å². The summed E-state index contributed by atoms with van der Waals surface area (Å²) in [6.45, 7) is 3.91. The quantitative estimate of drug-likeness (QED) is 0.710. The molecule has 1 saturated heterocycles. The summed E-state index contributed by atoms with van der Waals surface area (Å²) in [5.74, 6) is 1.33. The van der Waals surface area contributed by atoms with Crippen molar-refractivity contribution in [2.75, 3.05) is 18.0 Å². The number of amides is 2. The van der Waals surface area contributed by atoms with Crippen LogP contribution in [0.15, 0.2) is 41.0 Å². The van der Waals surface area contributed by atoms with E-state index in [1.807, 2.05) is 12.1 Å². The summed E-state index contributed by atoms with van der Waals surface area (Å²) in [5.41, 5.74) is 2.55. The molecule has 2 aliphatic carbocycles. The fourth-order valence-corrected chi connectivity index (χ4v) is 5.03. The number of carbonyl (C=O) groups is 1. The molecule has 1 aromatic carbocycles. The molecule has 3 aliphatic rings. The van der Waals surface area contributed by atoms with Gasteiger partial charge in [-0.1, -0.05) is 28.1 Å². The fourth-order valence-electron chi connectivity index (χ4n) is 4.63. The number of carbonyl (C=O) groups excluding carboxylic acids is 1. The van der Waals surface area contributed by atoms with Gasteiger partial charge in [-0.25, -0.2) is 4.79 Å². The van der Waals surface area contributed by atoms with Crippen molar-refractivity contribution in [3.63, 3.8) is 0 Å². The number of urea groups is 1. The molecule has 2 saturated carbocycles. The molecular weight excluding hydrogens is 442 g/mol. The van der Waals surface area contributed by atoms with Crippen molar-refractivity contribution in [2.45, 2.75) is 63.1 Å². The Balaban J connectivity index is 1.24. The average Bonchev–Trinajstić information content (AvgIpc) is 3.68. The van der Waals surface area contributed by atoms with Gasteiger partial charge >= 0.3 is 6.03 Å². The van der Waals surface area contributed by atoms with Crippen molar-refractivity contribution in [1.82, 2.24) is 20.4 Å². The molecule has 3 fully saturated rings. The van der Waals surface area contributed by atoms with E-state index in [2.05, 4.69) is 66.4 Å². The number of hydrogen-bond donors (Lipinski definition) is 1. The molecule has 3 unspecified atom stereocenters. The minimum absolute atomic E-state index is 0.113. The highest BCUT2D eigenvalue weighted by Crippen LogP contribution is 2.42. The molecular formula is C23H28BrN5O. The van der Waals surface area contributed by atoms with Crippen molar-refractivity contribution < 1.29 is 4.79 Å². The first-order valence-corrected chi connectivity index (χ1v) is 11.8. The van der Waals surface area contributed by atoms with Crippen LogP contribution in [0.25, 0.3) is 0 Å². The maximum atomic E-state index is 13.3. The highest BCUT2D eigenvalue weighted by atomic mass is 79.9. The Labute approximate surface area is 186 Å². The average molecular weight is 470 g/mol. The summed E-state index contributed by atoms with van der Waals surface area (Å²) in [6, 6.07) is 11.5. The maximum absolute atomic E-state index is 13.3. The van der Waals surface area contributed by atoms with E-state index in [1.165, 1.54) is 11.1 Å². The molecule has 30 heavy (non-hydrogen) atoms. The Bertz CT molecular complexity index is 919. The van der Waals surface area contributed by atoms with Gasteiger partial charge in [0, 0.05) is 41.8 Å². The van der Waals surface area contributed by atoms with Gasteiger partial charge in [-0.2, -0.15) is 5.10 Å². The van der Waals surface area contributed by atoms with Crippen molar-refractivity contribution in [1.29, 1.82) is 0 Å². The molecule has 0 bridgehead atoms. The molecule has 6 nitrogen and oxygen atoms in total. The third-order valence-electron chi connectivity index (χ3n) is 6.57. The Morgan fingerprint density at radius 3 is 2.83 bits per heavy atom. The van der Waals surface area contributed by atoms with E-state index in [4.69, 9.17) is 0 Å². The number of aryl methyl sites for hydroxylation is 1. The Morgan fingerprint density at radius 1 is 1.23 bits per heavy atom. The second-order valence-electron chi connectivity index (χ2n) is 8.87. The molecule has 2 aromatic rings. The van der Waals surface area contributed by atoms with Crippen LogP contribution < -0.4 is 10.2 Å². The van der Waals surface area contributed by atoms with Gasteiger partial charge in [0.1, 0.15) is 0 Å². The molecule has 158 valence electrons. The minimum atomic E-state index is 0.113. The largest absolute Gasteiger partial charge is 0.353 e. The van der Waals surface area contributed by atoms with Gasteiger partial charge in [-0.3, -0.25) is 0 Å². The molecule has 2 heterocycles. The van der Waals surface area contributed by atoms with Crippen molar-refractivity contribution in [3.8, 4) is 0 Å². The monoisotopic (exact) mass is 469 g/mol. The highest BCUT2D eigenvalue weighted by molar-refractivity contribution is 9.10. The zero-order valence-corrected chi connectivity index (χ0v) is 18.9. The smallest absolute Gasteiger partial charge is 0.318 e. The lowest BCUT2D eigenvalue weighted by Crippen LogP contribution is -2.54. The lowest BCUT2D eigenvalue weighted by Gasteiger charge is -2.40. The molecule has 0 spiro atoms. The van der Waals surface area contributed by atoms with E-state index in [0.717, 1.165) is 55.5 Å². The van der Waals surface area contributed by atoms with E-state index in [1.54, 1.807) is 6.20 Å². The number of halogens is 1. The van der Waals surface area contributed by atoms with Crippen LogP contribution in [0.2, 0.25) is 0 Å². The van der Waals surface area contributed by atoms with Crippen molar-refractivity contribution >= 4 is 27.8 Å². The predicted octanol–water partition coefficient (Wildman–Crippen LogP) is 4.25. The van der Waals surface area contributed by atoms with Crippen LogP contribution in [-0.2, 0) is 0 Å². The topological polar surface area (TPSA) is 61.4 Å². The summed E-state index contributed by atoms with van der Waals surface area (Å²) in [7, 11) is 0. The first-order chi connectivity index (χ1) is 14.6. The van der Waals surface area contributed by atoms with E-state index in [-0.39, 0.29) is 18.1 Å². The summed E-state index contributed by atoms with van der Waals surface area (Å²) in [4.78, 5) is 17.7. The Hall–Kier alpha value is -2.15. The van der Waals surface area contributed by atoms with E-state index < -0.39 is 0 Å². The van der Waals surface area contributed by atoms with E-state index >= 15 is 0 Å². The van der Waals surface area contributed by atoms with Crippen LogP contribution in [0.4, 0.5) is 10.6 Å². The normalized spacial score (nSPS) is 25.7. The van der Waals surface area contributed by atoms with E-state index in [9.17, 15) is 4.79 Å². The second kappa shape index (κ2) is 8.17. The summed E-state index contributed by atoms with van der Waals surface area (Å²) in [5, 5.41) is 11.6. The minimum Gasteiger partial charge on any atom is -0.353 e. The van der Waals surface area contributed by atoms with Gasteiger partial charge in [0.05, 0.1) is 6.04 Å². The van der Waals surface area contributed by atoms with Gasteiger partial charge in [-0.05, 0) is 68.4 Å². The van der Waals surface area contributed by atoms with Gasteiger partial charge in [0.15, 0.2) is 5.82 Å². The first kappa shape index (κ1) is 19.8. The lowest BCUT2D eigenvalue weighted by atomic mass is 10.0. The van der Waals surface area contributed by atoms with Crippen molar-refractivity contribution in [3.05, 3.63) is 52.1 Å². The molecule has 0 radical (unpaired) electrons. The van der Waals surface area contributed by atoms with Gasteiger partial charge in [-0.15, -0.1) is 5.10 Å². The predicted molar refractivity (Wildman–Crippen MR) is 121 cm³/mol. The molecule has 3 atom stereocenters. The van der Waals surface area contributed by atoms with Gasteiger partial charge in [0.25, 0.3) is 0 Å². The van der Waals surface area contributed by atoms with Crippen LogP contribution in [0, 0.1) is 6.92 Å². The number of benzene rings is 1. The standard InChI is InChI=1S/C23H28BrN5O/c1-15-6-7-16(12-20(15)24)19-13-21(19)26-23(30)29(17-8-9-17)18-4-3-11-28(14-18)22-5-2-10-25-27-22/h2,5-7,10,12,17-19,21H,3-4,8-9,11,13-14H2,1H3,(H,26,30). The third kappa shape index (κ3) is 4.17. The number of piperidine rings is 1. The molecule has 1 aromatic heterocycles.